The van der Waals surface area contributed by atoms with Crippen molar-refractivity contribution in [1.29, 1.82) is 0 Å². The minimum absolute atomic E-state index is 0.138. The molecule has 0 atom stereocenters. The number of H-pyrrole nitrogens is 2. The second-order valence-electron chi connectivity index (χ2n) is 4.89. The number of aromatic nitrogens is 3. The van der Waals surface area contributed by atoms with Gasteiger partial charge in [-0.25, -0.2) is 4.98 Å². The molecule has 0 aliphatic carbocycles. The monoisotopic (exact) mass is 274 g/mol. The van der Waals surface area contributed by atoms with E-state index >= 15 is 0 Å². The van der Waals surface area contributed by atoms with Crippen molar-refractivity contribution in [2.45, 2.75) is 26.2 Å². The lowest BCUT2D eigenvalue weighted by molar-refractivity contribution is 0.0952. The first-order valence-corrected chi connectivity index (χ1v) is 6.56. The number of nitrogens with one attached hydrogen (secondary N) is 3. The van der Waals surface area contributed by atoms with Crippen LogP contribution in [0.3, 0.4) is 0 Å². The summed E-state index contributed by atoms with van der Waals surface area (Å²) in [6, 6.07) is 3.34. The molecule has 0 aliphatic rings. The fourth-order valence-corrected chi connectivity index (χ4v) is 1.83. The number of pyridine rings is 1. The van der Waals surface area contributed by atoms with E-state index in [2.05, 4.69) is 20.3 Å². The van der Waals surface area contributed by atoms with Gasteiger partial charge in [-0.1, -0.05) is 13.8 Å². The quantitative estimate of drug-likeness (QED) is 0.765. The average molecular weight is 274 g/mol. The number of amides is 1. The van der Waals surface area contributed by atoms with Crippen molar-refractivity contribution in [3.8, 4) is 0 Å². The van der Waals surface area contributed by atoms with E-state index in [0.29, 0.717) is 13.0 Å². The Hall–Kier alpha value is -2.37. The summed E-state index contributed by atoms with van der Waals surface area (Å²) in [4.78, 5) is 33.3. The van der Waals surface area contributed by atoms with Crippen LogP contribution in [-0.2, 0) is 6.42 Å². The van der Waals surface area contributed by atoms with Crippen LogP contribution in [0.4, 0.5) is 0 Å². The van der Waals surface area contributed by atoms with E-state index in [1.807, 2.05) is 13.8 Å². The van der Waals surface area contributed by atoms with Crippen LogP contribution in [0.25, 0.3) is 0 Å². The number of carbonyl (C=O) groups is 1. The number of imidazole rings is 1. The highest BCUT2D eigenvalue weighted by atomic mass is 16.2. The maximum atomic E-state index is 11.9. The van der Waals surface area contributed by atoms with Crippen molar-refractivity contribution < 1.29 is 4.79 Å². The van der Waals surface area contributed by atoms with Crippen molar-refractivity contribution >= 4 is 5.91 Å². The molecular weight excluding hydrogens is 256 g/mol. The van der Waals surface area contributed by atoms with Crippen LogP contribution in [0.15, 0.2) is 29.5 Å². The van der Waals surface area contributed by atoms with Crippen LogP contribution in [0, 0.1) is 0 Å². The maximum Gasteiger partial charge on any atom is 0.261 e. The van der Waals surface area contributed by atoms with Crippen LogP contribution in [0.2, 0.25) is 0 Å². The van der Waals surface area contributed by atoms with Crippen LogP contribution in [-0.4, -0.2) is 27.4 Å². The first kappa shape index (κ1) is 14.0. The van der Waals surface area contributed by atoms with Gasteiger partial charge in [-0.05, 0) is 18.1 Å². The van der Waals surface area contributed by atoms with Gasteiger partial charge < -0.3 is 15.3 Å². The zero-order valence-electron chi connectivity index (χ0n) is 11.6. The van der Waals surface area contributed by atoms with Crippen molar-refractivity contribution in [2.75, 3.05) is 6.54 Å². The molecule has 2 aromatic heterocycles. The van der Waals surface area contributed by atoms with E-state index in [1.54, 1.807) is 24.7 Å². The van der Waals surface area contributed by atoms with Crippen LogP contribution in [0.1, 0.15) is 41.5 Å². The number of rotatable bonds is 5. The molecule has 2 rings (SSSR count). The maximum absolute atomic E-state index is 11.9. The van der Waals surface area contributed by atoms with Gasteiger partial charge in [-0.3, -0.25) is 9.59 Å². The van der Waals surface area contributed by atoms with Crippen molar-refractivity contribution in [1.82, 2.24) is 20.3 Å². The summed E-state index contributed by atoms with van der Waals surface area (Å²) in [5.41, 5.74) is 1.55. The predicted octanol–water partition coefficient (Wildman–Crippen LogP) is 1.19. The molecule has 0 saturated carbocycles. The van der Waals surface area contributed by atoms with Gasteiger partial charge >= 0.3 is 0 Å². The second-order valence-corrected chi connectivity index (χ2v) is 4.89. The van der Waals surface area contributed by atoms with E-state index in [4.69, 9.17) is 0 Å². The molecule has 0 fully saturated rings. The van der Waals surface area contributed by atoms with E-state index in [1.165, 1.54) is 0 Å². The third-order valence-electron chi connectivity index (χ3n) is 3.03. The zero-order valence-corrected chi connectivity index (χ0v) is 11.6. The van der Waals surface area contributed by atoms with Gasteiger partial charge in [-0.2, -0.15) is 0 Å². The molecule has 106 valence electrons. The summed E-state index contributed by atoms with van der Waals surface area (Å²) < 4.78 is 0. The first-order valence-electron chi connectivity index (χ1n) is 6.56. The normalized spacial score (nSPS) is 10.8. The van der Waals surface area contributed by atoms with Crippen LogP contribution in [0.5, 0.6) is 0 Å². The summed E-state index contributed by atoms with van der Waals surface area (Å²) in [5.74, 6) is -0.138. The Bertz CT molecular complexity index is 629. The molecule has 0 spiro atoms. The van der Waals surface area contributed by atoms with Gasteiger partial charge in [-0.15, -0.1) is 0 Å². The molecule has 0 aliphatic heterocycles. The van der Waals surface area contributed by atoms with Gasteiger partial charge in [0.1, 0.15) is 5.56 Å². The van der Waals surface area contributed by atoms with Gasteiger partial charge in [0.05, 0.1) is 6.33 Å². The SMILES string of the molecule is CC(C)c1ccc(C(=O)NCCc2cnc[nH]2)c(=O)[nH]1. The van der Waals surface area contributed by atoms with Crippen LogP contribution < -0.4 is 10.9 Å². The molecule has 0 bridgehead atoms. The topological polar surface area (TPSA) is 90.6 Å². The summed E-state index contributed by atoms with van der Waals surface area (Å²) in [6.07, 6.45) is 3.94. The lowest BCUT2D eigenvalue weighted by atomic mass is 10.1. The lowest BCUT2D eigenvalue weighted by Crippen LogP contribution is -2.31. The highest BCUT2D eigenvalue weighted by Crippen LogP contribution is 2.08. The molecule has 2 heterocycles. The Morgan fingerprint density at radius 2 is 2.20 bits per heavy atom. The second kappa shape index (κ2) is 6.18. The standard InChI is InChI=1S/C14H18N4O2/c1-9(2)12-4-3-11(14(20)18-12)13(19)16-6-5-10-7-15-8-17-10/h3-4,7-9H,5-6H2,1-2H3,(H,15,17)(H,16,19)(H,18,20). The van der Waals surface area contributed by atoms with E-state index in [-0.39, 0.29) is 22.9 Å². The molecule has 0 radical (unpaired) electrons. The minimum Gasteiger partial charge on any atom is -0.351 e. The Kier molecular flexibility index (Phi) is 4.34. The molecule has 3 N–H and O–H groups in total. The third-order valence-corrected chi connectivity index (χ3v) is 3.03. The van der Waals surface area contributed by atoms with Gasteiger partial charge in [0, 0.05) is 30.6 Å². The fourth-order valence-electron chi connectivity index (χ4n) is 1.83. The average Bonchev–Trinajstić information content (AvgIpc) is 2.91. The van der Waals surface area contributed by atoms with E-state index in [9.17, 15) is 9.59 Å². The number of hydrogen-bond donors (Lipinski definition) is 3. The molecule has 0 saturated heterocycles. The largest absolute Gasteiger partial charge is 0.351 e. The molecular formula is C14H18N4O2. The lowest BCUT2D eigenvalue weighted by Gasteiger charge is -2.07. The Morgan fingerprint density at radius 3 is 2.80 bits per heavy atom. The Labute approximate surface area is 116 Å². The number of hydrogen-bond acceptors (Lipinski definition) is 3. The third kappa shape index (κ3) is 3.34. The van der Waals surface area contributed by atoms with Gasteiger partial charge in [0.25, 0.3) is 11.5 Å². The summed E-state index contributed by atoms with van der Waals surface area (Å²) in [5, 5.41) is 2.72. The van der Waals surface area contributed by atoms with E-state index in [0.717, 1.165) is 11.4 Å². The van der Waals surface area contributed by atoms with E-state index < -0.39 is 0 Å². The summed E-state index contributed by atoms with van der Waals surface area (Å²) in [6.45, 7) is 4.41. The minimum atomic E-state index is -0.360. The summed E-state index contributed by atoms with van der Waals surface area (Å²) >= 11 is 0. The summed E-state index contributed by atoms with van der Waals surface area (Å²) in [7, 11) is 0. The molecule has 6 nitrogen and oxygen atoms in total. The molecule has 0 aromatic carbocycles. The Morgan fingerprint density at radius 1 is 1.40 bits per heavy atom. The number of aromatic amines is 2. The molecule has 1 amide bonds. The predicted molar refractivity (Wildman–Crippen MR) is 75.8 cm³/mol. The molecule has 0 unspecified atom stereocenters. The van der Waals surface area contributed by atoms with Gasteiger partial charge in [0.2, 0.25) is 0 Å². The smallest absolute Gasteiger partial charge is 0.261 e. The van der Waals surface area contributed by atoms with Gasteiger partial charge in [0.15, 0.2) is 0 Å². The number of nitrogens with zero attached hydrogens (tertiary/aromatic N) is 1. The highest BCUT2D eigenvalue weighted by Gasteiger charge is 2.11. The number of carbonyl (C=O) groups excluding carboxylic acids is 1. The van der Waals surface area contributed by atoms with Crippen molar-refractivity contribution in [3.63, 3.8) is 0 Å². The van der Waals surface area contributed by atoms with Crippen molar-refractivity contribution in [3.05, 3.63) is 52.0 Å². The molecule has 2 aromatic rings. The fraction of sp³-hybridized carbons (Fsp3) is 0.357. The Balaban J connectivity index is 1.97. The van der Waals surface area contributed by atoms with Crippen LogP contribution >= 0.6 is 0 Å². The molecule has 20 heavy (non-hydrogen) atoms. The highest BCUT2D eigenvalue weighted by molar-refractivity contribution is 5.93. The zero-order chi connectivity index (χ0) is 14.5. The molecule has 6 heteroatoms. The first-order chi connectivity index (χ1) is 9.58. The van der Waals surface area contributed by atoms with Crippen molar-refractivity contribution in [2.24, 2.45) is 0 Å².